The molecule has 0 fully saturated rings. The molecule has 0 saturated heterocycles. The van der Waals surface area contributed by atoms with Gasteiger partial charge in [0.2, 0.25) is 0 Å². The Morgan fingerprint density at radius 3 is 2.44 bits per heavy atom. The van der Waals surface area contributed by atoms with Crippen LogP contribution in [-0.4, -0.2) is 35.2 Å². The van der Waals surface area contributed by atoms with Crippen molar-refractivity contribution in [2.45, 2.75) is 45.2 Å². The first-order chi connectivity index (χ1) is 7.22. The van der Waals surface area contributed by atoms with Gasteiger partial charge >= 0.3 is 5.97 Å². The summed E-state index contributed by atoms with van der Waals surface area (Å²) in [4.78, 5) is 11.0. The smallest absolute Gasteiger partial charge is 0.320 e. The molecule has 0 heterocycles. The van der Waals surface area contributed by atoms with Crippen LogP contribution in [0.5, 0.6) is 0 Å². The van der Waals surface area contributed by atoms with Gasteiger partial charge in [-0.1, -0.05) is 0 Å². The molecule has 0 aromatic rings. The summed E-state index contributed by atoms with van der Waals surface area (Å²) in [6.45, 7) is 6.30. The molecule has 0 aromatic carbocycles. The van der Waals surface area contributed by atoms with Crippen LogP contribution in [0.3, 0.4) is 0 Å². The first-order valence-corrected chi connectivity index (χ1v) is 5.31. The van der Waals surface area contributed by atoms with Crippen molar-refractivity contribution in [3.63, 3.8) is 0 Å². The van der Waals surface area contributed by atoms with Crippen LogP contribution in [0.15, 0.2) is 0 Å². The highest BCUT2D eigenvalue weighted by molar-refractivity contribution is 5.74. The standard InChI is InChI=1S/C10H22N4O2/c1-10(2,3)14-7(8(15)16)5-4-6-13-9(11)12/h7,14H,4-6H2,1-3H3,(H,15,16)(H4,11,12,13)/t7-/m0/s1. The summed E-state index contributed by atoms with van der Waals surface area (Å²) in [7, 11) is 0. The Morgan fingerprint density at radius 2 is 2.06 bits per heavy atom. The number of nitrogens with one attached hydrogen (secondary N) is 3. The van der Waals surface area contributed by atoms with E-state index in [2.05, 4.69) is 10.6 Å². The van der Waals surface area contributed by atoms with Gasteiger partial charge in [0.05, 0.1) is 0 Å². The number of hydrogen-bond acceptors (Lipinski definition) is 3. The highest BCUT2D eigenvalue weighted by Crippen LogP contribution is 2.05. The van der Waals surface area contributed by atoms with Crippen LogP contribution in [0.25, 0.3) is 0 Å². The molecule has 0 saturated carbocycles. The van der Waals surface area contributed by atoms with E-state index in [1.165, 1.54) is 0 Å². The van der Waals surface area contributed by atoms with Gasteiger partial charge in [0.25, 0.3) is 0 Å². The van der Waals surface area contributed by atoms with Gasteiger partial charge in [0, 0.05) is 12.1 Å². The lowest BCUT2D eigenvalue weighted by Gasteiger charge is -2.26. The molecule has 94 valence electrons. The van der Waals surface area contributed by atoms with Gasteiger partial charge in [-0.3, -0.25) is 15.5 Å². The predicted molar refractivity (Wildman–Crippen MR) is 63.5 cm³/mol. The van der Waals surface area contributed by atoms with Crippen molar-refractivity contribution in [3.05, 3.63) is 0 Å². The van der Waals surface area contributed by atoms with Crippen LogP contribution in [0.4, 0.5) is 0 Å². The number of aliphatic carboxylic acids is 1. The first-order valence-electron chi connectivity index (χ1n) is 5.31. The average molecular weight is 230 g/mol. The fourth-order valence-corrected chi connectivity index (χ4v) is 1.31. The summed E-state index contributed by atoms with van der Waals surface area (Å²) in [5.74, 6) is -0.937. The normalized spacial score (nSPS) is 13.2. The molecule has 0 radical (unpaired) electrons. The summed E-state index contributed by atoms with van der Waals surface area (Å²) in [6.07, 6.45) is 1.16. The highest BCUT2D eigenvalue weighted by Gasteiger charge is 2.22. The molecule has 0 unspecified atom stereocenters. The molecule has 0 aliphatic carbocycles. The number of rotatable bonds is 6. The van der Waals surface area contributed by atoms with E-state index in [4.69, 9.17) is 16.2 Å². The molecule has 0 rings (SSSR count). The molecule has 1 atom stereocenters. The Bertz CT molecular complexity index is 248. The van der Waals surface area contributed by atoms with E-state index in [1.807, 2.05) is 20.8 Å². The molecule has 0 spiro atoms. The van der Waals surface area contributed by atoms with E-state index in [0.717, 1.165) is 0 Å². The molecule has 0 amide bonds. The largest absolute Gasteiger partial charge is 0.480 e. The number of guanidine groups is 1. The zero-order valence-corrected chi connectivity index (χ0v) is 10.1. The number of carbonyl (C=O) groups is 1. The summed E-state index contributed by atoms with van der Waals surface area (Å²) in [5.41, 5.74) is 4.89. The van der Waals surface area contributed by atoms with Crippen LogP contribution >= 0.6 is 0 Å². The van der Waals surface area contributed by atoms with E-state index >= 15 is 0 Å². The maximum atomic E-state index is 11.0. The van der Waals surface area contributed by atoms with Gasteiger partial charge in [-0.05, 0) is 33.6 Å². The molecule has 0 aromatic heterocycles. The molecule has 6 N–H and O–H groups in total. The van der Waals surface area contributed by atoms with Crippen LogP contribution in [0, 0.1) is 5.41 Å². The minimum Gasteiger partial charge on any atom is -0.480 e. The van der Waals surface area contributed by atoms with Gasteiger partial charge in [-0.25, -0.2) is 0 Å². The number of carboxylic acid groups (broad SMARTS) is 1. The second-order valence-electron chi connectivity index (χ2n) is 4.77. The summed E-state index contributed by atoms with van der Waals surface area (Å²) in [5, 5.41) is 21.6. The topological polar surface area (TPSA) is 111 Å². The van der Waals surface area contributed by atoms with Gasteiger partial charge in [0.15, 0.2) is 5.96 Å². The quantitative estimate of drug-likeness (QED) is 0.252. The van der Waals surface area contributed by atoms with Crippen molar-refractivity contribution in [2.24, 2.45) is 5.73 Å². The Kier molecular flexibility index (Phi) is 5.81. The maximum absolute atomic E-state index is 11.0. The fraction of sp³-hybridized carbons (Fsp3) is 0.800. The van der Waals surface area contributed by atoms with Gasteiger partial charge in [-0.2, -0.15) is 0 Å². The predicted octanol–water partition coefficient (Wildman–Crippen LogP) is 0.0910. The van der Waals surface area contributed by atoms with Crippen molar-refractivity contribution in [1.82, 2.24) is 10.6 Å². The van der Waals surface area contributed by atoms with Crippen molar-refractivity contribution in [3.8, 4) is 0 Å². The lowest BCUT2D eigenvalue weighted by molar-refractivity contribution is -0.140. The van der Waals surface area contributed by atoms with Crippen molar-refractivity contribution in [2.75, 3.05) is 6.54 Å². The summed E-state index contributed by atoms with van der Waals surface area (Å²) in [6, 6.07) is -0.561. The van der Waals surface area contributed by atoms with Crippen LogP contribution in [0.1, 0.15) is 33.6 Å². The molecule has 16 heavy (non-hydrogen) atoms. The molecule has 0 aliphatic heterocycles. The van der Waals surface area contributed by atoms with E-state index < -0.39 is 12.0 Å². The zero-order chi connectivity index (χ0) is 12.8. The van der Waals surface area contributed by atoms with E-state index in [9.17, 15) is 4.79 Å². The highest BCUT2D eigenvalue weighted by atomic mass is 16.4. The zero-order valence-electron chi connectivity index (χ0n) is 10.1. The number of nitrogens with two attached hydrogens (primary N) is 1. The second kappa shape index (κ2) is 6.32. The Morgan fingerprint density at radius 1 is 1.50 bits per heavy atom. The Balaban J connectivity index is 3.96. The lowest BCUT2D eigenvalue weighted by Crippen LogP contribution is -2.48. The molecule has 0 bridgehead atoms. The van der Waals surface area contributed by atoms with Crippen LogP contribution in [-0.2, 0) is 4.79 Å². The third-order valence-corrected chi connectivity index (χ3v) is 1.89. The fourth-order valence-electron chi connectivity index (χ4n) is 1.31. The molecule has 6 nitrogen and oxygen atoms in total. The van der Waals surface area contributed by atoms with E-state index in [-0.39, 0.29) is 11.5 Å². The van der Waals surface area contributed by atoms with Crippen LogP contribution < -0.4 is 16.4 Å². The van der Waals surface area contributed by atoms with Gasteiger partial charge in [-0.15, -0.1) is 0 Å². The monoisotopic (exact) mass is 230 g/mol. The first kappa shape index (κ1) is 14.7. The van der Waals surface area contributed by atoms with Crippen molar-refractivity contribution in [1.29, 1.82) is 5.41 Å². The average Bonchev–Trinajstić information content (AvgIpc) is 2.07. The minimum atomic E-state index is -0.849. The summed E-state index contributed by atoms with van der Waals surface area (Å²) < 4.78 is 0. The Labute approximate surface area is 96.1 Å². The van der Waals surface area contributed by atoms with Gasteiger partial charge in [0.1, 0.15) is 6.04 Å². The lowest BCUT2D eigenvalue weighted by atomic mass is 10.0. The number of carboxylic acids is 1. The van der Waals surface area contributed by atoms with Crippen molar-refractivity contribution >= 4 is 11.9 Å². The van der Waals surface area contributed by atoms with E-state index in [0.29, 0.717) is 19.4 Å². The number of hydrogen-bond donors (Lipinski definition) is 5. The molecular weight excluding hydrogens is 208 g/mol. The molecular formula is C10H22N4O2. The maximum Gasteiger partial charge on any atom is 0.320 e. The summed E-state index contributed by atoms with van der Waals surface area (Å²) >= 11 is 0. The molecule has 0 aliphatic rings. The third kappa shape index (κ3) is 8.05. The SMILES string of the molecule is CC(C)(C)N[C@@H](CCCNC(=N)N)C(=O)O. The molecule has 6 heteroatoms. The minimum absolute atomic E-state index is 0.0874. The third-order valence-electron chi connectivity index (χ3n) is 1.89. The van der Waals surface area contributed by atoms with Gasteiger partial charge < -0.3 is 16.2 Å². The second-order valence-corrected chi connectivity index (χ2v) is 4.77. The van der Waals surface area contributed by atoms with Crippen LogP contribution in [0.2, 0.25) is 0 Å². The van der Waals surface area contributed by atoms with Crippen molar-refractivity contribution < 1.29 is 9.90 Å². The van der Waals surface area contributed by atoms with E-state index in [1.54, 1.807) is 0 Å². The Hall–Kier alpha value is -1.30.